The summed E-state index contributed by atoms with van der Waals surface area (Å²) in [4.78, 5) is 11.5. The van der Waals surface area contributed by atoms with E-state index in [4.69, 9.17) is 4.74 Å². The number of hydrogen-bond donors (Lipinski definition) is 0. The molecule has 1 aromatic carbocycles. The van der Waals surface area contributed by atoms with E-state index in [-0.39, 0.29) is 6.54 Å². The summed E-state index contributed by atoms with van der Waals surface area (Å²) in [6, 6.07) is 6.04. The summed E-state index contributed by atoms with van der Waals surface area (Å²) in [5.41, 5.74) is 0.373. The van der Waals surface area contributed by atoms with Gasteiger partial charge in [-0.3, -0.25) is 4.79 Å². The van der Waals surface area contributed by atoms with Crippen molar-refractivity contribution in [3.05, 3.63) is 29.8 Å². The number of benzene rings is 1. The number of hydrogen-bond acceptors (Lipinski definition) is 2. The molecule has 0 saturated carbocycles. The Morgan fingerprint density at radius 3 is 2.35 bits per heavy atom. The Labute approximate surface area is 111 Å². The van der Waals surface area contributed by atoms with Crippen molar-refractivity contribution in [2.75, 3.05) is 14.2 Å². The van der Waals surface area contributed by atoms with Crippen LogP contribution in [0.1, 0.15) is 5.56 Å². The van der Waals surface area contributed by atoms with Crippen molar-refractivity contribution in [3.8, 4) is 5.75 Å². The van der Waals surface area contributed by atoms with E-state index < -0.39 is 18.0 Å². The number of carbonyl (C=O) groups is 1. The van der Waals surface area contributed by atoms with Crippen LogP contribution in [0.2, 0.25) is 0 Å². The van der Waals surface area contributed by atoms with Crippen molar-refractivity contribution in [2.45, 2.75) is 18.6 Å². The molecule has 0 bridgehead atoms. The third-order valence-electron chi connectivity index (χ3n) is 2.53. The van der Waals surface area contributed by atoms with E-state index in [1.807, 2.05) is 0 Å². The van der Waals surface area contributed by atoms with Gasteiger partial charge in [0.15, 0.2) is 0 Å². The van der Waals surface area contributed by atoms with Gasteiger partial charge in [0.1, 0.15) is 5.75 Å². The molecule has 0 unspecified atom stereocenters. The van der Waals surface area contributed by atoms with Crippen molar-refractivity contribution < 1.29 is 31.5 Å². The first kappa shape index (κ1) is 16.2. The largest absolute Gasteiger partial charge is 0.497 e. The molecule has 0 heterocycles. The number of methoxy groups -OCH3 is 1. The fourth-order valence-electron chi connectivity index (χ4n) is 1.48. The molecule has 0 atom stereocenters. The second-order valence-corrected chi connectivity index (χ2v) is 4.08. The van der Waals surface area contributed by atoms with Crippen LogP contribution in [-0.4, -0.2) is 37.1 Å². The van der Waals surface area contributed by atoms with Gasteiger partial charge in [0.25, 0.3) is 0 Å². The molecule has 0 aliphatic rings. The second kappa shape index (κ2) is 5.64. The number of amides is 1. The van der Waals surface area contributed by atoms with E-state index in [1.165, 1.54) is 25.3 Å². The van der Waals surface area contributed by atoms with Gasteiger partial charge in [0, 0.05) is 13.6 Å². The predicted octanol–water partition coefficient (Wildman–Crippen LogP) is 2.85. The van der Waals surface area contributed by atoms with Crippen molar-refractivity contribution >= 4 is 5.91 Å². The summed E-state index contributed by atoms with van der Waals surface area (Å²) in [7, 11) is 2.26. The minimum atomic E-state index is -5.91. The summed E-state index contributed by atoms with van der Waals surface area (Å²) < 4.78 is 66.9. The van der Waals surface area contributed by atoms with E-state index in [9.17, 15) is 26.7 Å². The maximum Gasteiger partial charge on any atom is 0.463 e. The molecule has 0 aromatic heterocycles. The molecule has 0 saturated heterocycles. The lowest BCUT2D eigenvalue weighted by molar-refractivity contribution is -0.274. The maximum absolute atomic E-state index is 12.9. The normalized spacial score (nSPS) is 12.2. The molecule has 112 valence electrons. The molecule has 1 aromatic rings. The van der Waals surface area contributed by atoms with Gasteiger partial charge in [-0.05, 0) is 17.7 Å². The summed E-state index contributed by atoms with van der Waals surface area (Å²) in [6.45, 7) is -0.387. The van der Waals surface area contributed by atoms with Gasteiger partial charge in [-0.2, -0.15) is 22.0 Å². The Morgan fingerprint density at radius 1 is 1.25 bits per heavy atom. The van der Waals surface area contributed by atoms with E-state index in [0.29, 0.717) is 16.2 Å². The molecular weight excluding hydrogens is 285 g/mol. The van der Waals surface area contributed by atoms with Crippen LogP contribution in [0, 0.1) is 0 Å². The third-order valence-corrected chi connectivity index (χ3v) is 2.53. The Bertz CT molecular complexity index is 487. The van der Waals surface area contributed by atoms with Crippen LogP contribution in [-0.2, 0) is 11.3 Å². The average molecular weight is 297 g/mol. The van der Waals surface area contributed by atoms with Crippen LogP contribution in [0.4, 0.5) is 22.0 Å². The molecule has 1 rings (SSSR count). The number of carbonyl (C=O) groups excluding carboxylic acids is 1. The summed E-state index contributed by atoms with van der Waals surface area (Å²) >= 11 is 0. The lowest BCUT2D eigenvalue weighted by atomic mass is 10.2. The van der Waals surface area contributed by atoms with Gasteiger partial charge in [0.05, 0.1) is 7.11 Å². The molecule has 0 spiro atoms. The molecule has 8 heteroatoms. The fraction of sp³-hybridized carbons (Fsp3) is 0.417. The summed E-state index contributed by atoms with van der Waals surface area (Å²) in [6.07, 6.45) is -5.91. The van der Waals surface area contributed by atoms with Crippen LogP contribution in [0.5, 0.6) is 5.75 Å². The van der Waals surface area contributed by atoms with Gasteiger partial charge >= 0.3 is 18.0 Å². The second-order valence-electron chi connectivity index (χ2n) is 4.08. The van der Waals surface area contributed by atoms with Gasteiger partial charge in [-0.15, -0.1) is 0 Å². The lowest BCUT2D eigenvalue weighted by Gasteiger charge is -2.25. The first-order valence-corrected chi connectivity index (χ1v) is 5.42. The maximum atomic E-state index is 12.9. The van der Waals surface area contributed by atoms with Crippen molar-refractivity contribution in [2.24, 2.45) is 0 Å². The van der Waals surface area contributed by atoms with Gasteiger partial charge < -0.3 is 9.64 Å². The zero-order chi connectivity index (χ0) is 15.6. The van der Waals surface area contributed by atoms with Gasteiger partial charge in [0.2, 0.25) is 0 Å². The smallest absolute Gasteiger partial charge is 0.463 e. The Hall–Kier alpha value is -1.86. The highest BCUT2D eigenvalue weighted by Crippen LogP contribution is 2.36. The number of rotatable bonds is 4. The molecule has 3 nitrogen and oxygen atoms in total. The number of nitrogens with zero attached hydrogens (tertiary/aromatic N) is 1. The highest BCUT2D eigenvalue weighted by Gasteiger charge is 2.64. The molecule has 20 heavy (non-hydrogen) atoms. The van der Waals surface area contributed by atoms with Crippen LogP contribution >= 0.6 is 0 Å². The van der Waals surface area contributed by atoms with Gasteiger partial charge in [-0.25, -0.2) is 0 Å². The van der Waals surface area contributed by atoms with Crippen LogP contribution in [0.15, 0.2) is 24.3 Å². The number of halogens is 5. The molecule has 1 amide bonds. The highest BCUT2D eigenvalue weighted by molar-refractivity contribution is 5.84. The third kappa shape index (κ3) is 3.37. The zero-order valence-electron chi connectivity index (χ0n) is 10.7. The molecule has 0 radical (unpaired) electrons. The minimum Gasteiger partial charge on any atom is -0.497 e. The minimum absolute atomic E-state index is 0.322. The van der Waals surface area contributed by atoms with E-state index in [2.05, 4.69) is 0 Å². The average Bonchev–Trinajstić information content (AvgIpc) is 2.36. The monoisotopic (exact) mass is 297 g/mol. The van der Waals surface area contributed by atoms with Crippen LogP contribution in [0.25, 0.3) is 0 Å². The number of ether oxygens (including phenoxy) is 1. The Morgan fingerprint density at radius 2 is 1.85 bits per heavy atom. The fourth-order valence-corrected chi connectivity index (χ4v) is 1.48. The number of alkyl halides is 5. The van der Waals surface area contributed by atoms with E-state index >= 15 is 0 Å². The summed E-state index contributed by atoms with van der Waals surface area (Å²) in [5, 5.41) is 0. The lowest BCUT2D eigenvalue weighted by Crippen LogP contribution is -2.50. The molecule has 0 N–H and O–H groups in total. The first-order valence-electron chi connectivity index (χ1n) is 5.42. The van der Waals surface area contributed by atoms with Crippen molar-refractivity contribution in [3.63, 3.8) is 0 Å². The molecular formula is C12H12F5NO2. The quantitative estimate of drug-likeness (QED) is 0.800. The predicted molar refractivity (Wildman–Crippen MR) is 60.5 cm³/mol. The Kier molecular flexibility index (Phi) is 4.57. The van der Waals surface area contributed by atoms with Gasteiger partial charge in [-0.1, -0.05) is 12.1 Å². The van der Waals surface area contributed by atoms with Crippen molar-refractivity contribution in [1.82, 2.24) is 4.90 Å². The highest BCUT2D eigenvalue weighted by atomic mass is 19.4. The topological polar surface area (TPSA) is 29.5 Å². The van der Waals surface area contributed by atoms with E-state index in [0.717, 1.165) is 7.05 Å². The molecule has 0 fully saturated rings. The zero-order valence-corrected chi connectivity index (χ0v) is 10.7. The molecule has 0 aliphatic carbocycles. The van der Waals surface area contributed by atoms with Crippen LogP contribution in [0.3, 0.4) is 0 Å². The summed E-state index contributed by atoms with van der Waals surface area (Å²) in [5.74, 6) is -7.29. The SMILES string of the molecule is COc1cccc(CN(C)C(=O)C(F)(F)C(F)(F)F)c1. The van der Waals surface area contributed by atoms with Crippen LogP contribution < -0.4 is 4.74 Å². The first-order chi connectivity index (χ1) is 9.09. The van der Waals surface area contributed by atoms with E-state index in [1.54, 1.807) is 6.07 Å². The van der Waals surface area contributed by atoms with Crippen molar-refractivity contribution in [1.29, 1.82) is 0 Å². The standard InChI is InChI=1S/C12H12F5NO2/c1-18(10(19)11(13,14)12(15,16)17)7-8-4-3-5-9(6-8)20-2/h3-6H,7H2,1-2H3. The Balaban J connectivity index is 2.85. The molecule has 0 aliphatic heterocycles.